The summed E-state index contributed by atoms with van der Waals surface area (Å²) >= 11 is 5.40. The molecule has 1 aliphatic rings. The van der Waals surface area contributed by atoms with Crippen LogP contribution in [0.4, 0.5) is 5.69 Å². The van der Waals surface area contributed by atoms with Gasteiger partial charge in [0.05, 0.1) is 15.9 Å². The Bertz CT molecular complexity index is 661. The third kappa shape index (κ3) is 2.67. The lowest BCUT2D eigenvalue weighted by atomic mass is 10.2. The Morgan fingerprint density at radius 2 is 2.15 bits per heavy atom. The largest absolute Gasteiger partial charge is 0.279 e. The summed E-state index contributed by atoms with van der Waals surface area (Å²) in [6.07, 6.45) is 0.883. The van der Waals surface area contributed by atoms with Crippen molar-refractivity contribution >= 4 is 32.6 Å². The molecule has 9 heteroatoms. The summed E-state index contributed by atoms with van der Waals surface area (Å²) in [6, 6.07) is 3.83. The number of non-ortho nitro benzene ring substituents is 1. The lowest BCUT2D eigenvalue weighted by Crippen LogP contribution is -2.38. The number of nitro groups is 1. The first kappa shape index (κ1) is 14.9. The van der Waals surface area contributed by atoms with Crippen LogP contribution >= 0.6 is 11.6 Å². The molecular formula is C11H11ClN2O5S. The standard InChI is InChI=1S/C11H11ClN2O5S/c12-11(15)10-5-2-6-13(10)20(18,19)9-4-1-3-8(7-9)14(16)17/h1,3-4,7,10H,2,5-6H2/t10-/m0/s1. The number of carbonyl (C=O) groups excluding carboxylic acids is 1. The number of halogens is 1. The minimum absolute atomic E-state index is 0.175. The molecule has 20 heavy (non-hydrogen) atoms. The highest BCUT2D eigenvalue weighted by atomic mass is 35.5. The summed E-state index contributed by atoms with van der Waals surface area (Å²) in [7, 11) is -3.97. The molecule has 108 valence electrons. The molecule has 1 atom stereocenters. The van der Waals surface area contributed by atoms with E-state index in [2.05, 4.69) is 0 Å². The van der Waals surface area contributed by atoms with E-state index in [9.17, 15) is 23.3 Å². The van der Waals surface area contributed by atoms with Crippen LogP contribution in [0.1, 0.15) is 12.8 Å². The Labute approximate surface area is 120 Å². The molecule has 1 heterocycles. The van der Waals surface area contributed by atoms with Gasteiger partial charge in [0.25, 0.3) is 5.69 Å². The highest BCUT2D eigenvalue weighted by molar-refractivity contribution is 7.89. The fraction of sp³-hybridized carbons (Fsp3) is 0.364. The summed E-state index contributed by atoms with van der Waals surface area (Å²) < 4.78 is 25.8. The minimum atomic E-state index is -3.97. The summed E-state index contributed by atoms with van der Waals surface area (Å²) in [5.41, 5.74) is -0.320. The average molecular weight is 319 g/mol. The third-order valence-corrected chi connectivity index (χ3v) is 5.26. The molecular weight excluding hydrogens is 308 g/mol. The van der Waals surface area contributed by atoms with E-state index in [0.717, 1.165) is 10.4 Å². The van der Waals surface area contributed by atoms with Gasteiger partial charge in [0.15, 0.2) is 0 Å². The average Bonchev–Trinajstić information content (AvgIpc) is 2.89. The quantitative estimate of drug-likeness (QED) is 0.476. The van der Waals surface area contributed by atoms with Crippen LogP contribution in [0.5, 0.6) is 0 Å². The molecule has 0 unspecified atom stereocenters. The molecule has 7 nitrogen and oxygen atoms in total. The van der Waals surface area contributed by atoms with Crippen molar-refractivity contribution in [3.8, 4) is 0 Å². The second-order valence-electron chi connectivity index (χ2n) is 4.33. The maximum atomic E-state index is 12.4. The SMILES string of the molecule is O=C(Cl)[C@@H]1CCCN1S(=O)(=O)c1cccc([N+](=O)[O-])c1. The van der Waals surface area contributed by atoms with E-state index in [-0.39, 0.29) is 17.1 Å². The molecule has 0 radical (unpaired) electrons. The number of nitro benzene ring substituents is 1. The summed E-state index contributed by atoms with van der Waals surface area (Å²) in [6.45, 7) is 0.175. The van der Waals surface area contributed by atoms with Crippen molar-refractivity contribution in [1.29, 1.82) is 0 Å². The smallest absolute Gasteiger partial charge is 0.270 e. The van der Waals surface area contributed by atoms with Crippen molar-refractivity contribution < 1.29 is 18.1 Å². The van der Waals surface area contributed by atoms with Gasteiger partial charge in [0, 0.05) is 18.7 Å². The molecule has 0 aromatic heterocycles. The van der Waals surface area contributed by atoms with Gasteiger partial charge in [-0.25, -0.2) is 8.42 Å². The van der Waals surface area contributed by atoms with E-state index in [1.165, 1.54) is 18.2 Å². The van der Waals surface area contributed by atoms with Crippen molar-refractivity contribution in [2.24, 2.45) is 0 Å². The molecule has 0 aliphatic carbocycles. The molecule has 0 N–H and O–H groups in total. The topological polar surface area (TPSA) is 97.6 Å². The predicted octanol–water partition coefficient (Wildman–Crippen LogP) is 1.51. The van der Waals surface area contributed by atoms with Crippen LogP contribution in [0.3, 0.4) is 0 Å². The fourth-order valence-corrected chi connectivity index (χ4v) is 4.13. The fourth-order valence-electron chi connectivity index (χ4n) is 2.15. The van der Waals surface area contributed by atoms with Crippen LogP contribution in [0.2, 0.25) is 0 Å². The maximum absolute atomic E-state index is 12.4. The van der Waals surface area contributed by atoms with Crippen molar-refractivity contribution in [2.75, 3.05) is 6.54 Å². The zero-order chi connectivity index (χ0) is 14.9. The molecule has 2 rings (SSSR count). The van der Waals surface area contributed by atoms with E-state index in [1.54, 1.807) is 0 Å². The van der Waals surface area contributed by atoms with Gasteiger partial charge in [-0.1, -0.05) is 6.07 Å². The zero-order valence-corrected chi connectivity index (χ0v) is 11.8. The Morgan fingerprint density at radius 3 is 2.75 bits per heavy atom. The van der Waals surface area contributed by atoms with Crippen molar-refractivity contribution in [2.45, 2.75) is 23.8 Å². The number of nitrogens with zero attached hydrogens (tertiary/aromatic N) is 2. The highest BCUT2D eigenvalue weighted by Gasteiger charge is 2.39. The van der Waals surface area contributed by atoms with Crippen LogP contribution in [-0.4, -0.2) is 35.5 Å². The summed E-state index contributed by atoms with van der Waals surface area (Å²) in [4.78, 5) is 21.1. The van der Waals surface area contributed by atoms with Crippen molar-refractivity contribution in [3.63, 3.8) is 0 Å². The van der Waals surface area contributed by atoms with Gasteiger partial charge in [-0.2, -0.15) is 4.31 Å². The number of hydrogen-bond acceptors (Lipinski definition) is 5. The highest BCUT2D eigenvalue weighted by Crippen LogP contribution is 2.28. The van der Waals surface area contributed by atoms with Crippen LogP contribution in [0, 0.1) is 10.1 Å². The lowest BCUT2D eigenvalue weighted by molar-refractivity contribution is -0.385. The van der Waals surface area contributed by atoms with E-state index in [0.29, 0.717) is 12.8 Å². The summed E-state index contributed by atoms with van der Waals surface area (Å²) in [5, 5.41) is 9.96. The first-order valence-electron chi connectivity index (χ1n) is 5.79. The van der Waals surface area contributed by atoms with Gasteiger partial charge in [-0.05, 0) is 30.5 Å². The lowest BCUT2D eigenvalue weighted by Gasteiger charge is -2.21. The maximum Gasteiger partial charge on any atom is 0.270 e. The van der Waals surface area contributed by atoms with Crippen molar-refractivity contribution in [3.05, 3.63) is 34.4 Å². The van der Waals surface area contributed by atoms with Gasteiger partial charge in [0.2, 0.25) is 15.3 Å². The van der Waals surface area contributed by atoms with Gasteiger partial charge in [0.1, 0.15) is 0 Å². The Morgan fingerprint density at radius 1 is 1.45 bits per heavy atom. The number of hydrogen-bond donors (Lipinski definition) is 0. The molecule has 0 saturated carbocycles. The Balaban J connectivity index is 2.42. The molecule has 1 aliphatic heterocycles. The Kier molecular flexibility index (Phi) is 4.07. The van der Waals surface area contributed by atoms with Crippen LogP contribution in [0.25, 0.3) is 0 Å². The first-order valence-corrected chi connectivity index (χ1v) is 7.61. The van der Waals surface area contributed by atoms with Gasteiger partial charge < -0.3 is 0 Å². The van der Waals surface area contributed by atoms with Gasteiger partial charge in [-0.15, -0.1) is 0 Å². The molecule has 1 aromatic carbocycles. The number of sulfonamides is 1. The third-order valence-electron chi connectivity index (χ3n) is 3.10. The zero-order valence-electron chi connectivity index (χ0n) is 10.2. The molecule has 0 amide bonds. The van der Waals surface area contributed by atoms with Gasteiger partial charge in [-0.3, -0.25) is 14.9 Å². The molecule has 1 fully saturated rings. The van der Waals surface area contributed by atoms with E-state index in [1.807, 2.05) is 0 Å². The molecule has 0 spiro atoms. The monoisotopic (exact) mass is 318 g/mol. The molecule has 1 aromatic rings. The van der Waals surface area contributed by atoms with E-state index >= 15 is 0 Å². The van der Waals surface area contributed by atoms with E-state index in [4.69, 9.17) is 11.6 Å². The molecule has 0 bridgehead atoms. The van der Waals surface area contributed by atoms with Gasteiger partial charge >= 0.3 is 0 Å². The van der Waals surface area contributed by atoms with Crippen molar-refractivity contribution in [1.82, 2.24) is 4.31 Å². The number of carbonyl (C=O) groups is 1. The Hall–Kier alpha value is -1.51. The normalized spacial score (nSPS) is 19.9. The predicted molar refractivity (Wildman–Crippen MR) is 70.9 cm³/mol. The molecule has 1 saturated heterocycles. The second-order valence-corrected chi connectivity index (χ2v) is 6.60. The van der Waals surface area contributed by atoms with Crippen LogP contribution in [0.15, 0.2) is 29.2 Å². The van der Waals surface area contributed by atoms with Crippen LogP contribution < -0.4 is 0 Å². The number of rotatable bonds is 4. The van der Waals surface area contributed by atoms with Crippen LogP contribution in [-0.2, 0) is 14.8 Å². The van der Waals surface area contributed by atoms with E-state index < -0.39 is 26.2 Å². The second kappa shape index (κ2) is 5.47. The first-order chi connectivity index (χ1) is 9.34. The number of benzene rings is 1. The minimum Gasteiger partial charge on any atom is -0.279 e. The summed E-state index contributed by atoms with van der Waals surface area (Å²) in [5.74, 6) is 0.